The van der Waals surface area contributed by atoms with Gasteiger partial charge in [-0.2, -0.15) is 5.10 Å². The van der Waals surface area contributed by atoms with Crippen molar-refractivity contribution in [1.29, 1.82) is 0 Å². The molecule has 86 valence electrons. The maximum Gasteiger partial charge on any atom is 0.314 e. The van der Waals surface area contributed by atoms with Crippen LogP contribution in [0, 0.1) is 0 Å². The van der Waals surface area contributed by atoms with Crippen molar-refractivity contribution < 1.29 is 9.90 Å². The Morgan fingerprint density at radius 1 is 1.35 bits per heavy atom. The molecule has 1 saturated carbocycles. The number of hydrogen-bond donors (Lipinski definition) is 2. The molecule has 4 nitrogen and oxygen atoms in total. The van der Waals surface area contributed by atoms with Crippen molar-refractivity contribution in [3.8, 4) is 0 Å². The lowest BCUT2D eigenvalue weighted by Gasteiger charge is -2.11. The Morgan fingerprint density at radius 2 is 2.12 bits per heavy atom. The van der Waals surface area contributed by atoms with Gasteiger partial charge in [0.2, 0.25) is 0 Å². The molecular weight excluding hydrogens is 216 g/mol. The Bertz CT molecular complexity index is 536. The van der Waals surface area contributed by atoms with Crippen LogP contribution in [0.1, 0.15) is 23.6 Å². The van der Waals surface area contributed by atoms with E-state index in [0.717, 1.165) is 11.3 Å². The summed E-state index contributed by atoms with van der Waals surface area (Å²) >= 11 is 0. The van der Waals surface area contributed by atoms with Crippen LogP contribution in [0.2, 0.25) is 0 Å². The van der Waals surface area contributed by atoms with Gasteiger partial charge in [-0.25, -0.2) is 0 Å². The van der Waals surface area contributed by atoms with E-state index < -0.39 is 11.4 Å². The summed E-state index contributed by atoms with van der Waals surface area (Å²) < 4.78 is 0. The molecule has 1 aliphatic rings. The summed E-state index contributed by atoms with van der Waals surface area (Å²) in [5, 5.41) is 16.3. The van der Waals surface area contributed by atoms with Crippen LogP contribution in [0.4, 0.5) is 0 Å². The van der Waals surface area contributed by atoms with E-state index in [0.29, 0.717) is 6.42 Å². The Hall–Kier alpha value is -2.10. The summed E-state index contributed by atoms with van der Waals surface area (Å²) in [5.74, 6) is -0.787. The molecule has 2 atom stereocenters. The van der Waals surface area contributed by atoms with Crippen LogP contribution < -0.4 is 0 Å². The summed E-state index contributed by atoms with van der Waals surface area (Å²) in [6, 6.07) is 11.2. The number of rotatable bonds is 3. The molecule has 1 aromatic heterocycles. The average Bonchev–Trinajstić information content (AvgIpc) is 2.89. The van der Waals surface area contributed by atoms with E-state index in [1.165, 1.54) is 0 Å². The summed E-state index contributed by atoms with van der Waals surface area (Å²) in [7, 11) is 0. The third-order valence-corrected chi connectivity index (χ3v) is 3.51. The predicted octanol–water partition coefficient (Wildman–Crippen LogP) is 1.92. The van der Waals surface area contributed by atoms with Crippen LogP contribution >= 0.6 is 0 Å². The van der Waals surface area contributed by atoms with Gasteiger partial charge in [-0.1, -0.05) is 30.3 Å². The molecule has 1 fully saturated rings. The average molecular weight is 228 g/mol. The van der Waals surface area contributed by atoms with E-state index in [1.807, 2.05) is 36.4 Å². The summed E-state index contributed by atoms with van der Waals surface area (Å²) in [6.45, 7) is 0. The van der Waals surface area contributed by atoms with E-state index in [1.54, 1.807) is 6.20 Å². The molecular formula is C13H12N2O2. The highest BCUT2D eigenvalue weighted by atomic mass is 16.4. The first-order valence-electron chi connectivity index (χ1n) is 5.54. The Labute approximate surface area is 98.3 Å². The Balaban J connectivity index is 2.02. The van der Waals surface area contributed by atoms with Gasteiger partial charge in [-0.3, -0.25) is 9.89 Å². The molecule has 0 bridgehead atoms. The third-order valence-electron chi connectivity index (χ3n) is 3.51. The first-order chi connectivity index (χ1) is 8.25. The molecule has 1 aromatic carbocycles. The SMILES string of the molecule is O=C(O)C1(c2ccccc2)CC1c1cc[nH]n1. The molecule has 4 heteroatoms. The van der Waals surface area contributed by atoms with Crippen LogP contribution in [0.5, 0.6) is 0 Å². The minimum atomic E-state index is -0.781. The molecule has 1 aliphatic carbocycles. The van der Waals surface area contributed by atoms with Gasteiger partial charge in [0.1, 0.15) is 5.41 Å². The number of hydrogen-bond acceptors (Lipinski definition) is 2. The lowest BCUT2D eigenvalue weighted by Crippen LogP contribution is -2.22. The molecule has 0 aliphatic heterocycles. The fraction of sp³-hybridized carbons (Fsp3) is 0.231. The maximum absolute atomic E-state index is 11.6. The number of benzene rings is 1. The predicted molar refractivity (Wildman–Crippen MR) is 61.7 cm³/mol. The topological polar surface area (TPSA) is 66.0 Å². The third kappa shape index (κ3) is 1.37. The zero-order chi connectivity index (χ0) is 11.9. The van der Waals surface area contributed by atoms with E-state index >= 15 is 0 Å². The molecule has 3 rings (SSSR count). The number of carboxylic acids is 1. The smallest absolute Gasteiger partial charge is 0.314 e. The molecule has 0 saturated heterocycles. The summed E-state index contributed by atoms with van der Waals surface area (Å²) in [4.78, 5) is 11.6. The van der Waals surface area contributed by atoms with Gasteiger partial charge in [-0.15, -0.1) is 0 Å². The van der Waals surface area contributed by atoms with Crippen LogP contribution in [-0.2, 0) is 10.2 Å². The van der Waals surface area contributed by atoms with Crippen molar-refractivity contribution >= 4 is 5.97 Å². The fourth-order valence-corrected chi connectivity index (χ4v) is 2.50. The first kappa shape index (κ1) is 10.1. The van der Waals surface area contributed by atoms with Gasteiger partial charge in [0, 0.05) is 12.1 Å². The summed E-state index contributed by atoms with van der Waals surface area (Å²) in [6.07, 6.45) is 2.35. The second-order valence-electron chi connectivity index (χ2n) is 4.40. The Morgan fingerprint density at radius 3 is 2.71 bits per heavy atom. The zero-order valence-corrected chi connectivity index (χ0v) is 9.13. The molecule has 2 unspecified atom stereocenters. The minimum absolute atomic E-state index is 0.0198. The molecule has 2 aromatic rings. The number of H-pyrrole nitrogens is 1. The van der Waals surface area contributed by atoms with Gasteiger partial charge in [0.25, 0.3) is 0 Å². The van der Waals surface area contributed by atoms with E-state index in [-0.39, 0.29) is 5.92 Å². The number of nitrogens with one attached hydrogen (secondary N) is 1. The number of aliphatic carboxylic acids is 1. The first-order valence-corrected chi connectivity index (χ1v) is 5.54. The molecule has 17 heavy (non-hydrogen) atoms. The molecule has 0 spiro atoms. The fourth-order valence-electron chi connectivity index (χ4n) is 2.50. The minimum Gasteiger partial charge on any atom is -0.481 e. The van der Waals surface area contributed by atoms with Crippen LogP contribution in [0.25, 0.3) is 0 Å². The van der Waals surface area contributed by atoms with Crippen LogP contribution in [0.3, 0.4) is 0 Å². The van der Waals surface area contributed by atoms with Crippen molar-refractivity contribution in [1.82, 2.24) is 10.2 Å². The van der Waals surface area contributed by atoms with E-state index in [2.05, 4.69) is 10.2 Å². The highest BCUT2D eigenvalue weighted by Gasteiger charge is 2.63. The number of nitrogens with zero attached hydrogens (tertiary/aromatic N) is 1. The monoisotopic (exact) mass is 228 g/mol. The Kier molecular flexibility index (Phi) is 2.04. The second kappa shape index (κ2) is 3.45. The van der Waals surface area contributed by atoms with Crippen molar-refractivity contribution in [2.75, 3.05) is 0 Å². The van der Waals surface area contributed by atoms with Gasteiger partial charge in [0.05, 0.1) is 5.69 Å². The number of aromatic nitrogens is 2. The summed E-state index contributed by atoms with van der Waals surface area (Å²) in [5.41, 5.74) is 0.910. The lowest BCUT2D eigenvalue weighted by molar-refractivity contribution is -0.140. The van der Waals surface area contributed by atoms with Gasteiger partial charge >= 0.3 is 5.97 Å². The number of carboxylic acid groups (broad SMARTS) is 1. The highest BCUT2D eigenvalue weighted by Crippen LogP contribution is 2.60. The largest absolute Gasteiger partial charge is 0.481 e. The lowest BCUT2D eigenvalue weighted by atomic mass is 9.92. The van der Waals surface area contributed by atoms with Crippen molar-refractivity contribution in [2.24, 2.45) is 0 Å². The highest BCUT2D eigenvalue weighted by molar-refractivity contribution is 5.87. The van der Waals surface area contributed by atoms with E-state index in [4.69, 9.17) is 0 Å². The van der Waals surface area contributed by atoms with Crippen molar-refractivity contribution in [3.63, 3.8) is 0 Å². The molecule has 2 N–H and O–H groups in total. The van der Waals surface area contributed by atoms with Gasteiger partial charge < -0.3 is 5.11 Å². The van der Waals surface area contributed by atoms with Gasteiger partial charge in [-0.05, 0) is 18.1 Å². The van der Waals surface area contributed by atoms with Gasteiger partial charge in [0.15, 0.2) is 0 Å². The van der Waals surface area contributed by atoms with E-state index in [9.17, 15) is 9.90 Å². The van der Waals surface area contributed by atoms with Crippen LogP contribution in [-0.4, -0.2) is 21.3 Å². The second-order valence-corrected chi connectivity index (χ2v) is 4.40. The normalized spacial score (nSPS) is 26.7. The standard InChI is InChI=1S/C13H12N2O2/c16-12(17)13(9-4-2-1-3-5-9)8-10(13)11-6-7-14-15-11/h1-7,10H,8H2,(H,14,15)(H,16,17). The van der Waals surface area contributed by atoms with Crippen molar-refractivity contribution in [3.05, 3.63) is 53.9 Å². The quantitative estimate of drug-likeness (QED) is 0.843. The molecule has 0 radical (unpaired) electrons. The maximum atomic E-state index is 11.6. The molecule has 0 amide bonds. The van der Waals surface area contributed by atoms with Crippen molar-refractivity contribution in [2.45, 2.75) is 17.8 Å². The zero-order valence-electron chi connectivity index (χ0n) is 9.13. The number of aromatic amines is 1. The molecule has 1 heterocycles. The number of carbonyl (C=O) groups is 1. The van der Waals surface area contributed by atoms with Crippen LogP contribution in [0.15, 0.2) is 42.6 Å².